The number of aromatic nitrogens is 2. The quantitative estimate of drug-likeness (QED) is 0.735. The van der Waals surface area contributed by atoms with Crippen molar-refractivity contribution in [1.29, 1.82) is 0 Å². The van der Waals surface area contributed by atoms with Crippen LogP contribution in [-0.4, -0.2) is 52.5 Å². The molecule has 0 saturated carbocycles. The number of rotatable bonds is 7. The van der Waals surface area contributed by atoms with Crippen LogP contribution in [0.3, 0.4) is 0 Å². The van der Waals surface area contributed by atoms with Gasteiger partial charge in [-0.1, -0.05) is 32.0 Å². The molecule has 0 radical (unpaired) electrons. The third-order valence-electron chi connectivity index (χ3n) is 3.39. The molecule has 1 rings (SSSR count). The zero-order valence-corrected chi connectivity index (χ0v) is 16.8. The summed E-state index contributed by atoms with van der Waals surface area (Å²) in [5.41, 5.74) is -0.591. The van der Waals surface area contributed by atoms with Gasteiger partial charge in [-0.2, -0.15) is 0 Å². The molecule has 1 aromatic rings. The average Bonchev–Trinajstić information content (AvgIpc) is 2.96. The van der Waals surface area contributed by atoms with Crippen LogP contribution in [-0.2, 0) is 9.53 Å². The molecule has 142 valence electrons. The van der Waals surface area contributed by atoms with Crippen LogP contribution in [0.2, 0.25) is 0 Å². The number of hydrogen-bond acceptors (Lipinski definition) is 7. The van der Waals surface area contributed by atoms with Gasteiger partial charge in [-0.3, -0.25) is 4.79 Å². The van der Waals surface area contributed by atoms with Crippen LogP contribution in [0.5, 0.6) is 0 Å². The van der Waals surface area contributed by atoms with E-state index in [-0.39, 0.29) is 17.6 Å². The van der Waals surface area contributed by atoms with E-state index in [4.69, 9.17) is 9.15 Å². The third-order valence-corrected chi connectivity index (χ3v) is 4.19. The van der Waals surface area contributed by atoms with Crippen molar-refractivity contribution in [3.05, 3.63) is 5.89 Å². The van der Waals surface area contributed by atoms with Gasteiger partial charge in [-0.05, 0) is 26.7 Å². The number of carbonyl (C=O) groups is 2. The molecule has 2 amide bonds. The monoisotopic (exact) mass is 372 g/mol. The minimum Gasteiger partial charge on any atom is -0.444 e. The van der Waals surface area contributed by atoms with Gasteiger partial charge in [0.15, 0.2) is 0 Å². The smallest absolute Gasteiger partial charge is 0.408 e. The Morgan fingerprint density at radius 3 is 2.48 bits per heavy atom. The zero-order chi connectivity index (χ0) is 19.2. The first-order valence-corrected chi connectivity index (χ1v) is 9.18. The molecular weight excluding hydrogens is 344 g/mol. The van der Waals surface area contributed by atoms with Gasteiger partial charge in [0, 0.05) is 14.1 Å². The largest absolute Gasteiger partial charge is 0.444 e. The van der Waals surface area contributed by atoms with Crippen molar-refractivity contribution in [3.8, 4) is 0 Å². The lowest BCUT2D eigenvalue weighted by Gasteiger charge is -2.24. The molecule has 1 heterocycles. The lowest BCUT2D eigenvalue weighted by molar-refractivity contribution is -0.125. The Balaban J connectivity index is 2.80. The topological polar surface area (TPSA) is 97.6 Å². The van der Waals surface area contributed by atoms with Crippen LogP contribution in [0.4, 0.5) is 4.79 Å². The lowest BCUT2D eigenvalue weighted by Crippen LogP contribution is -2.37. The maximum atomic E-state index is 12.1. The van der Waals surface area contributed by atoms with E-state index < -0.39 is 17.7 Å². The van der Waals surface area contributed by atoms with Crippen molar-refractivity contribution in [2.75, 3.05) is 19.8 Å². The Morgan fingerprint density at radius 1 is 1.32 bits per heavy atom. The zero-order valence-electron chi connectivity index (χ0n) is 16.0. The minimum absolute atomic E-state index is 0.0462. The summed E-state index contributed by atoms with van der Waals surface area (Å²) >= 11 is 1.17. The fourth-order valence-corrected chi connectivity index (χ4v) is 2.52. The van der Waals surface area contributed by atoms with Crippen molar-refractivity contribution in [3.63, 3.8) is 0 Å². The van der Waals surface area contributed by atoms with Crippen molar-refractivity contribution < 1.29 is 18.7 Å². The van der Waals surface area contributed by atoms with Crippen LogP contribution in [0.25, 0.3) is 0 Å². The number of hydrogen-bond donors (Lipinski definition) is 1. The molecule has 8 nitrogen and oxygen atoms in total. The Labute approximate surface area is 153 Å². The van der Waals surface area contributed by atoms with Gasteiger partial charge in [0.25, 0.3) is 5.22 Å². The molecule has 0 fully saturated rings. The van der Waals surface area contributed by atoms with E-state index in [0.717, 1.165) is 6.42 Å². The molecule has 0 aliphatic heterocycles. The summed E-state index contributed by atoms with van der Waals surface area (Å²) in [6.07, 6.45) is 0.276. The average molecular weight is 372 g/mol. The maximum absolute atomic E-state index is 12.1. The summed E-state index contributed by atoms with van der Waals surface area (Å²) in [5, 5.41) is 11.1. The first-order valence-electron chi connectivity index (χ1n) is 8.19. The second-order valence-electron chi connectivity index (χ2n) is 6.99. The molecule has 9 heteroatoms. The van der Waals surface area contributed by atoms with Gasteiger partial charge >= 0.3 is 6.09 Å². The Bertz CT molecular complexity index is 583. The summed E-state index contributed by atoms with van der Waals surface area (Å²) in [6, 6.07) is -0.453. The fraction of sp³-hybridized carbons (Fsp3) is 0.750. The molecular formula is C16H28N4O4S. The SMILES string of the molecule is CC[C@@H](C)[C@H](NC(=O)OC(C)(C)C)c1nnc(SCC(=O)N(C)C)o1. The molecule has 25 heavy (non-hydrogen) atoms. The first-order chi connectivity index (χ1) is 11.5. The van der Waals surface area contributed by atoms with Gasteiger partial charge in [-0.15, -0.1) is 10.2 Å². The fourth-order valence-electron chi connectivity index (χ4n) is 1.77. The van der Waals surface area contributed by atoms with Crippen molar-refractivity contribution >= 4 is 23.8 Å². The molecule has 0 aliphatic carbocycles. The van der Waals surface area contributed by atoms with Crippen LogP contribution in [0.15, 0.2) is 9.64 Å². The summed E-state index contributed by atoms with van der Waals surface area (Å²) in [6.45, 7) is 9.39. The molecule has 0 aromatic carbocycles. The van der Waals surface area contributed by atoms with E-state index in [9.17, 15) is 9.59 Å². The van der Waals surface area contributed by atoms with Crippen molar-refractivity contribution in [1.82, 2.24) is 20.4 Å². The minimum atomic E-state index is -0.591. The van der Waals surface area contributed by atoms with Crippen LogP contribution >= 0.6 is 11.8 Å². The highest BCUT2D eigenvalue weighted by Crippen LogP contribution is 2.26. The number of ether oxygens (including phenoxy) is 1. The molecule has 0 spiro atoms. The number of nitrogens with zero attached hydrogens (tertiary/aromatic N) is 3. The summed E-state index contributed by atoms with van der Waals surface area (Å²) in [4.78, 5) is 25.2. The molecule has 0 unspecified atom stereocenters. The van der Waals surface area contributed by atoms with Crippen molar-refractivity contribution in [2.45, 2.75) is 57.9 Å². The Hall–Kier alpha value is -1.77. The van der Waals surface area contributed by atoms with Gasteiger partial charge < -0.3 is 19.4 Å². The molecule has 0 aliphatic rings. The third kappa shape index (κ3) is 7.33. The van der Waals surface area contributed by atoms with E-state index >= 15 is 0 Å². The summed E-state index contributed by atoms with van der Waals surface area (Å²) in [5.74, 6) is 0.548. The second kappa shape index (κ2) is 9.07. The van der Waals surface area contributed by atoms with E-state index in [0.29, 0.717) is 11.1 Å². The van der Waals surface area contributed by atoms with Gasteiger partial charge in [0.2, 0.25) is 11.8 Å². The highest BCUT2D eigenvalue weighted by molar-refractivity contribution is 7.99. The van der Waals surface area contributed by atoms with E-state index in [1.165, 1.54) is 16.7 Å². The standard InChI is InChI=1S/C16H28N4O4S/c1-8-10(2)12(17-14(22)24-16(3,4)5)13-18-19-15(23-13)25-9-11(21)20(6)7/h10,12H,8-9H2,1-7H3,(H,17,22)/t10-,12+/m1/s1. The molecule has 0 saturated heterocycles. The van der Waals surface area contributed by atoms with E-state index in [2.05, 4.69) is 15.5 Å². The summed E-state index contributed by atoms with van der Waals surface area (Å²) < 4.78 is 10.9. The normalized spacial score (nSPS) is 13.9. The van der Waals surface area contributed by atoms with E-state index in [1.54, 1.807) is 34.9 Å². The number of carbonyl (C=O) groups excluding carboxylic acids is 2. The van der Waals surface area contributed by atoms with Crippen LogP contribution in [0, 0.1) is 5.92 Å². The number of nitrogens with one attached hydrogen (secondary N) is 1. The predicted octanol–water partition coefficient (Wildman–Crippen LogP) is 2.86. The molecule has 2 atom stereocenters. The number of thioether (sulfide) groups is 1. The second-order valence-corrected chi connectivity index (χ2v) is 7.92. The molecule has 1 N–H and O–H groups in total. The van der Waals surface area contributed by atoms with Crippen molar-refractivity contribution in [2.24, 2.45) is 5.92 Å². The molecule has 0 bridgehead atoms. The maximum Gasteiger partial charge on any atom is 0.408 e. The van der Waals surface area contributed by atoms with Crippen LogP contribution in [0.1, 0.15) is 53.0 Å². The van der Waals surface area contributed by atoms with Gasteiger partial charge in [0.05, 0.1) is 5.75 Å². The van der Waals surface area contributed by atoms with Gasteiger partial charge in [-0.25, -0.2) is 4.79 Å². The lowest BCUT2D eigenvalue weighted by atomic mass is 9.99. The Kier molecular flexibility index (Phi) is 7.72. The highest BCUT2D eigenvalue weighted by Gasteiger charge is 2.28. The summed E-state index contributed by atoms with van der Waals surface area (Å²) in [7, 11) is 3.37. The predicted molar refractivity (Wildman–Crippen MR) is 95.3 cm³/mol. The number of alkyl carbamates (subject to hydrolysis) is 1. The van der Waals surface area contributed by atoms with Crippen LogP contribution < -0.4 is 5.32 Å². The van der Waals surface area contributed by atoms with E-state index in [1.807, 2.05) is 13.8 Å². The van der Waals surface area contributed by atoms with Gasteiger partial charge in [0.1, 0.15) is 11.6 Å². The molecule has 1 aromatic heterocycles. The Morgan fingerprint density at radius 2 is 1.96 bits per heavy atom. The highest BCUT2D eigenvalue weighted by atomic mass is 32.2. The first kappa shape index (κ1) is 21.3. The number of amides is 2.